The van der Waals surface area contributed by atoms with Crippen LogP contribution >= 0.6 is 0 Å². The van der Waals surface area contributed by atoms with Gasteiger partial charge in [0, 0.05) is 18.8 Å². The van der Waals surface area contributed by atoms with Crippen molar-refractivity contribution in [1.82, 2.24) is 4.31 Å². The van der Waals surface area contributed by atoms with Gasteiger partial charge < -0.3 is 10.1 Å². The smallest absolute Gasteiger partial charge is 0.309 e. The molecule has 1 amide bonds. The molecule has 1 atom stereocenters. The van der Waals surface area contributed by atoms with Crippen molar-refractivity contribution < 1.29 is 22.7 Å². The number of esters is 1. The largest absolute Gasteiger partial charge is 0.452 e. The Balaban J connectivity index is 1.32. The van der Waals surface area contributed by atoms with Crippen LogP contribution in [0.15, 0.2) is 41.3 Å². The van der Waals surface area contributed by atoms with Crippen LogP contribution in [0.25, 0.3) is 0 Å². The molecule has 0 spiro atoms. The molecular formula is C27H34N2O5S. The van der Waals surface area contributed by atoms with E-state index in [4.69, 9.17) is 4.74 Å². The van der Waals surface area contributed by atoms with Gasteiger partial charge in [-0.25, -0.2) is 8.42 Å². The van der Waals surface area contributed by atoms with Crippen LogP contribution in [0.2, 0.25) is 0 Å². The van der Waals surface area contributed by atoms with Gasteiger partial charge in [-0.2, -0.15) is 4.31 Å². The number of fused-ring (bicyclic) bond motifs is 1. The maximum absolute atomic E-state index is 13.2. The Morgan fingerprint density at radius 2 is 1.69 bits per heavy atom. The van der Waals surface area contributed by atoms with Gasteiger partial charge in [0.15, 0.2) is 6.10 Å². The maximum Gasteiger partial charge on any atom is 0.309 e. The standard InChI is InChI=1S/C27H34N2O5S/c1-18-8-9-19(2)25(16-18)28-26(30)20(3)34-27(31)22-12-14-29(15-13-22)35(32,33)24-11-10-21-6-4-5-7-23(21)17-24/h8-11,16-17,20,22H,4-7,12-15H2,1-3H3,(H,28,30). The van der Waals surface area contributed by atoms with E-state index in [1.54, 1.807) is 13.0 Å². The third-order valence-electron chi connectivity index (χ3n) is 7.06. The van der Waals surface area contributed by atoms with Gasteiger partial charge in [-0.05, 0) is 99.7 Å². The number of nitrogens with one attached hydrogen (secondary N) is 1. The first-order valence-electron chi connectivity index (χ1n) is 12.4. The van der Waals surface area contributed by atoms with Crippen molar-refractivity contribution in [3.8, 4) is 0 Å². The number of anilines is 1. The van der Waals surface area contributed by atoms with Crippen LogP contribution in [-0.2, 0) is 37.2 Å². The zero-order valence-electron chi connectivity index (χ0n) is 20.7. The number of benzene rings is 2. The number of hydrogen-bond donors (Lipinski definition) is 1. The minimum Gasteiger partial charge on any atom is -0.452 e. The highest BCUT2D eigenvalue weighted by Gasteiger charge is 2.34. The summed E-state index contributed by atoms with van der Waals surface area (Å²) in [6.07, 6.45) is 3.95. The summed E-state index contributed by atoms with van der Waals surface area (Å²) < 4.78 is 33.3. The lowest BCUT2D eigenvalue weighted by molar-refractivity contribution is -0.158. The first-order valence-corrected chi connectivity index (χ1v) is 13.8. The Morgan fingerprint density at radius 1 is 1.00 bits per heavy atom. The number of amides is 1. The molecule has 35 heavy (non-hydrogen) atoms. The van der Waals surface area contributed by atoms with Crippen molar-refractivity contribution in [3.05, 3.63) is 58.7 Å². The fourth-order valence-electron chi connectivity index (χ4n) is 4.78. The average molecular weight is 499 g/mol. The number of rotatable bonds is 6. The zero-order chi connectivity index (χ0) is 25.2. The molecule has 0 aromatic heterocycles. The van der Waals surface area contributed by atoms with Crippen LogP contribution in [0, 0.1) is 19.8 Å². The van der Waals surface area contributed by atoms with E-state index in [0.29, 0.717) is 23.4 Å². The summed E-state index contributed by atoms with van der Waals surface area (Å²) in [5, 5.41) is 2.82. The lowest BCUT2D eigenvalue weighted by Crippen LogP contribution is -2.41. The summed E-state index contributed by atoms with van der Waals surface area (Å²) in [7, 11) is -3.61. The van der Waals surface area contributed by atoms with Crippen molar-refractivity contribution in [2.24, 2.45) is 5.92 Å². The molecule has 4 rings (SSSR count). The van der Waals surface area contributed by atoms with Gasteiger partial charge >= 0.3 is 5.97 Å². The number of hydrogen-bond acceptors (Lipinski definition) is 5. The number of nitrogens with zero attached hydrogens (tertiary/aromatic N) is 1. The highest BCUT2D eigenvalue weighted by atomic mass is 32.2. The minimum atomic E-state index is -3.61. The first kappa shape index (κ1) is 25.4. The average Bonchev–Trinajstić information content (AvgIpc) is 2.85. The van der Waals surface area contributed by atoms with Crippen LogP contribution in [0.1, 0.15) is 54.9 Å². The van der Waals surface area contributed by atoms with Crippen LogP contribution < -0.4 is 5.32 Å². The molecule has 2 aromatic carbocycles. The van der Waals surface area contributed by atoms with Gasteiger partial charge in [-0.15, -0.1) is 0 Å². The second-order valence-electron chi connectivity index (χ2n) is 9.70. The second kappa shape index (κ2) is 10.5. The Kier molecular flexibility index (Phi) is 7.62. The van der Waals surface area contributed by atoms with E-state index >= 15 is 0 Å². The molecule has 8 heteroatoms. The van der Waals surface area contributed by atoms with Crippen molar-refractivity contribution in [3.63, 3.8) is 0 Å². The summed E-state index contributed by atoms with van der Waals surface area (Å²) in [5.74, 6) is -1.28. The van der Waals surface area contributed by atoms with Crippen LogP contribution in [0.3, 0.4) is 0 Å². The molecule has 1 aliphatic carbocycles. The zero-order valence-corrected chi connectivity index (χ0v) is 21.5. The predicted octanol–water partition coefficient (Wildman–Crippen LogP) is 4.15. The molecule has 0 radical (unpaired) electrons. The topological polar surface area (TPSA) is 92.8 Å². The van der Waals surface area contributed by atoms with Crippen molar-refractivity contribution in [2.75, 3.05) is 18.4 Å². The van der Waals surface area contributed by atoms with Crippen LogP contribution in [-0.4, -0.2) is 43.8 Å². The number of sulfonamides is 1. The van der Waals surface area contributed by atoms with E-state index in [2.05, 4.69) is 5.32 Å². The van der Waals surface area contributed by atoms with Crippen LogP contribution in [0.5, 0.6) is 0 Å². The van der Waals surface area contributed by atoms with Gasteiger partial charge in [0.1, 0.15) is 0 Å². The number of carbonyl (C=O) groups is 2. The monoisotopic (exact) mass is 498 g/mol. The van der Waals surface area contributed by atoms with E-state index in [1.807, 2.05) is 44.2 Å². The fraction of sp³-hybridized carbons (Fsp3) is 0.481. The summed E-state index contributed by atoms with van der Waals surface area (Å²) in [5.41, 5.74) is 5.01. The first-order chi connectivity index (χ1) is 16.6. The molecule has 0 saturated carbocycles. The maximum atomic E-state index is 13.2. The summed E-state index contributed by atoms with van der Waals surface area (Å²) in [6, 6.07) is 11.2. The minimum absolute atomic E-state index is 0.252. The van der Waals surface area contributed by atoms with Gasteiger partial charge in [0.2, 0.25) is 10.0 Å². The number of piperidine rings is 1. The molecule has 188 valence electrons. The SMILES string of the molecule is Cc1ccc(C)c(NC(=O)C(C)OC(=O)C2CCN(S(=O)(=O)c3ccc4c(c3)CCCC4)CC2)c1. The van der Waals surface area contributed by atoms with E-state index in [0.717, 1.165) is 42.4 Å². The quantitative estimate of drug-likeness (QED) is 0.604. The number of ether oxygens (including phenoxy) is 1. The normalized spacial score (nSPS) is 17.9. The molecule has 2 aromatic rings. The third kappa shape index (κ3) is 5.76. The Bertz CT molecular complexity index is 1220. The molecule has 0 bridgehead atoms. The number of carbonyl (C=O) groups excluding carboxylic acids is 2. The lowest BCUT2D eigenvalue weighted by Gasteiger charge is -2.31. The van der Waals surface area contributed by atoms with Crippen molar-refractivity contribution in [1.29, 1.82) is 0 Å². The molecule has 2 aliphatic rings. The lowest BCUT2D eigenvalue weighted by atomic mass is 9.92. The number of aryl methyl sites for hydroxylation is 4. The molecule has 1 N–H and O–H groups in total. The molecule has 1 unspecified atom stereocenters. The molecule has 1 aliphatic heterocycles. The van der Waals surface area contributed by atoms with Gasteiger partial charge in [0.05, 0.1) is 10.8 Å². The molecule has 1 fully saturated rings. The van der Waals surface area contributed by atoms with Gasteiger partial charge in [-0.3, -0.25) is 9.59 Å². The highest BCUT2D eigenvalue weighted by Crippen LogP contribution is 2.29. The molecular weight excluding hydrogens is 464 g/mol. The molecule has 1 saturated heterocycles. The fourth-order valence-corrected chi connectivity index (χ4v) is 6.30. The van der Waals surface area contributed by atoms with Gasteiger partial charge in [0.25, 0.3) is 5.91 Å². The molecule has 7 nitrogen and oxygen atoms in total. The van der Waals surface area contributed by atoms with Gasteiger partial charge in [-0.1, -0.05) is 18.2 Å². The second-order valence-corrected chi connectivity index (χ2v) is 11.6. The summed E-state index contributed by atoms with van der Waals surface area (Å²) in [4.78, 5) is 25.6. The summed E-state index contributed by atoms with van der Waals surface area (Å²) >= 11 is 0. The van der Waals surface area contributed by atoms with E-state index in [-0.39, 0.29) is 19.0 Å². The Morgan fingerprint density at radius 3 is 2.40 bits per heavy atom. The van der Waals surface area contributed by atoms with Crippen LogP contribution in [0.4, 0.5) is 5.69 Å². The Labute approximate surface area is 207 Å². The predicted molar refractivity (Wildman–Crippen MR) is 135 cm³/mol. The highest BCUT2D eigenvalue weighted by molar-refractivity contribution is 7.89. The van der Waals surface area contributed by atoms with E-state index < -0.39 is 28.0 Å². The third-order valence-corrected chi connectivity index (χ3v) is 8.95. The molecule has 1 heterocycles. The van der Waals surface area contributed by atoms with Crippen molar-refractivity contribution >= 4 is 27.6 Å². The van der Waals surface area contributed by atoms with E-state index in [9.17, 15) is 18.0 Å². The summed E-state index contributed by atoms with van der Waals surface area (Å²) in [6.45, 7) is 5.90. The Hall–Kier alpha value is -2.71. The van der Waals surface area contributed by atoms with Crippen molar-refractivity contribution in [2.45, 2.75) is 70.3 Å². The van der Waals surface area contributed by atoms with E-state index in [1.165, 1.54) is 9.87 Å².